The molecule has 0 unspecified atom stereocenters. The minimum atomic E-state index is -0.120. The third-order valence-electron chi connectivity index (χ3n) is 5.85. The maximum Gasteiger partial charge on any atom is 0.234 e. The number of nitrogens with zero attached hydrogens (tertiary/aromatic N) is 1. The Bertz CT molecular complexity index is 955. The Hall–Kier alpha value is -3.07. The predicted molar refractivity (Wildman–Crippen MR) is 120 cm³/mol. The molecule has 1 aliphatic rings. The van der Waals surface area contributed by atoms with Crippen LogP contribution in [0, 0.1) is 0 Å². The Morgan fingerprint density at radius 3 is 2.28 bits per heavy atom. The number of hydrogen-bond acceptors (Lipinski definition) is 2. The first-order valence-electron chi connectivity index (χ1n) is 10.5. The van der Waals surface area contributed by atoms with E-state index in [1.165, 1.54) is 5.56 Å². The Labute approximate surface area is 173 Å². The molecular weight excluding hydrogens is 356 g/mol. The standard InChI is InChI=1S/C26H28N2O/c1-3-22(20-12-6-4-7-13-20)26(29)28-19(2)18-24(23-16-10-11-17-25(23)28)27-21-14-8-5-9-15-21/h4-17,19,22,24,27H,3,18H2,1-2H3/t19-,22+,24-/m1/s1. The summed E-state index contributed by atoms with van der Waals surface area (Å²) in [6.07, 6.45) is 1.67. The topological polar surface area (TPSA) is 32.3 Å². The van der Waals surface area contributed by atoms with Crippen LogP contribution in [0.4, 0.5) is 11.4 Å². The highest BCUT2D eigenvalue weighted by Gasteiger charge is 2.36. The molecule has 1 aliphatic heterocycles. The van der Waals surface area contributed by atoms with Crippen molar-refractivity contribution in [3.05, 3.63) is 96.1 Å². The molecule has 0 aromatic heterocycles. The van der Waals surface area contributed by atoms with Gasteiger partial charge in [-0.2, -0.15) is 0 Å². The van der Waals surface area contributed by atoms with Crippen molar-refractivity contribution in [3.63, 3.8) is 0 Å². The van der Waals surface area contributed by atoms with E-state index in [-0.39, 0.29) is 23.9 Å². The average Bonchev–Trinajstić information content (AvgIpc) is 2.76. The van der Waals surface area contributed by atoms with Gasteiger partial charge in [-0.05, 0) is 49.1 Å². The first-order valence-corrected chi connectivity index (χ1v) is 10.5. The lowest BCUT2D eigenvalue weighted by Gasteiger charge is -2.41. The van der Waals surface area contributed by atoms with Gasteiger partial charge in [-0.1, -0.05) is 73.7 Å². The minimum Gasteiger partial charge on any atom is -0.378 e. The monoisotopic (exact) mass is 384 g/mol. The van der Waals surface area contributed by atoms with E-state index < -0.39 is 0 Å². The molecule has 0 spiro atoms. The van der Waals surface area contributed by atoms with E-state index in [0.29, 0.717) is 0 Å². The number of amides is 1. The van der Waals surface area contributed by atoms with Gasteiger partial charge in [-0.25, -0.2) is 0 Å². The third-order valence-corrected chi connectivity index (χ3v) is 5.85. The molecule has 0 saturated carbocycles. The molecule has 1 N–H and O–H groups in total. The van der Waals surface area contributed by atoms with Crippen molar-refractivity contribution in [1.82, 2.24) is 0 Å². The van der Waals surface area contributed by atoms with Gasteiger partial charge in [0, 0.05) is 17.4 Å². The molecule has 29 heavy (non-hydrogen) atoms. The fraction of sp³-hybridized carbons (Fsp3) is 0.269. The molecule has 3 aromatic rings. The first kappa shape index (κ1) is 19.3. The fourth-order valence-corrected chi connectivity index (χ4v) is 4.43. The summed E-state index contributed by atoms with van der Waals surface area (Å²) in [4.78, 5) is 15.7. The van der Waals surface area contributed by atoms with Crippen LogP contribution in [0.1, 0.15) is 49.8 Å². The van der Waals surface area contributed by atoms with E-state index in [4.69, 9.17) is 0 Å². The number of para-hydroxylation sites is 2. The Balaban J connectivity index is 1.67. The number of anilines is 2. The highest BCUT2D eigenvalue weighted by molar-refractivity contribution is 5.99. The maximum absolute atomic E-state index is 13.7. The quantitative estimate of drug-likeness (QED) is 0.571. The van der Waals surface area contributed by atoms with Gasteiger partial charge in [-0.3, -0.25) is 4.79 Å². The van der Waals surface area contributed by atoms with Crippen LogP contribution in [0.25, 0.3) is 0 Å². The fourth-order valence-electron chi connectivity index (χ4n) is 4.43. The van der Waals surface area contributed by atoms with Gasteiger partial charge in [0.2, 0.25) is 5.91 Å². The zero-order chi connectivity index (χ0) is 20.2. The van der Waals surface area contributed by atoms with Crippen molar-refractivity contribution in [3.8, 4) is 0 Å². The summed E-state index contributed by atoms with van der Waals surface area (Å²) in [5, 5.41) is 3.66. The average molecular weight is 385 g/mol. The number of benzene rings is 3. The normalized spacial score (nSPS) is 19.3. The Morgan fingerprint density at radius 1 is 0.966 bits per heavy atom. The molecule has 148 valence electrons. The predicted octanol–water partition coefficient (Wildman–Crippen LogP) is 6.16. The molecule has 3 nitrogen and oxygen atoms in total. The van der Waals surface area contributed by atoms with Gasteiger partial charge >= 0.3 is 0 Å². The molecule has 1 amide bonds. The molecule has 4 rings (SSSR count). The van der Waals surface area contributed by atoms with Crippen LogP contribution in [0.15, 0.2) is 84.9 Å². The van der Waals surface area contributed by atoms with E-state index in [2.05, 4.69) is 61.6 Å². The lowest BCUT2D eigenvalue weighted by atomic mass is 9.88. The van der Waals surface area contributed by atoms with Crippen LogP contribution in [0.5, 0.6) is 0 Å². The van der Waals surface area contributed by atoms with Crippen LogP contribution in [-0.2, 0) is 4.79 Å². The van der Waals surface area contributed by atoms with Crippen molar-refractivity contribution >= 4 is 17.3 Å². The minimum absolute atomic E-state index is 0.120. The summed E-state index contributed by atoms with van der Waals surface area (Å²) in [5.74, 6) is 0.0714. The van der Waals surface area contributed by atoms with Gasteiger partial charge < -0.3 is 10.2 Å². The molecule has 3 heteroatoms. The number of nitrogens with one attached hydrogen (secondary N) is 1. The van der Waals surface area contributed by atoms with Gasteiger partial charge in [-0.15, -0.1) is 0 Å². The summed E-state index contributed by atoms with van der Waals surface area (Å²) in [6, 6.07) is 29.1. The van der Waals surface area contributed by atoms with Crippen LogP contribution >= 0.6 is 0 Å². The number of hydrogen-bond donors (Lipinski definition) is 1. The molecule has 0 bridgehead atoms. The SMILES string of the molecule is CC[C@H](C(=O)N1c2ccccc2[C@H](Nc2ccccc2)C[C@H]1C)c1ccccc1. The van der Waals surface area contributed by atoms with Crippen LogP contribution in [-0.4, -0.2) is 11.9 Å². The summed E-state index contributed by atoms with van der Waals surface area (Å²) in [6.45, 7) is 4.25. The largest absolute Gasteiger partial charge is 0.378 e. The zero-order valence-corrected chi connectivity index (χ0v) is 17.1. The molecule has 0 radical (unpaired) electrons. The summed E-state index contributed by atoms with van der Waals surface area (Å²) >= 11 is 0. The Kier molecular flexibility index (Phi) is 5.66. The molecule has 0 fully saturated rings. The molecule has 3 aromatic carbocycles. The third kappa shape index (κ3) is 3.91. The lowest BCUT2D eigenvalue weighted by Crippen LogP contribution is -2.46. The van der Waals surface area contributed by atoms with E-state index in [9.17, 15) is 4.79 Å². The van der Waals surface area contributed by atoms with Crippen molar-refractivity contribution in [1.29, 1.82) is 0 Å². The molecule has 1 heterocycles. The Morgan fingerprint density at radius 2 is 1.59 bits per heavy atom. The number of fused-ring (bicyclic) bond motifs is 1. The summed E-state index contributed by atoms with van der Waals surface area (Å²) < 4.78 is 0. The van der Waals surface area contributed by atoms with Gasteiger partial charge in [0.1, 0.15) is 0 Å². The van der Waals surface area contributed by atoms with Crippen molar-refractivity contribution in [2.45, 2.75) is 44.7 Å². The van der Waals surface area contributed by atoms with E-state index in [0.717, 1.165) is 29.8 Å². The number of rotatable bonds is 5. The second-order valence-corrected chi connectivity index (χ2v) is 7.79. The first-order chi connectivity index (χ1) is 14.2. The van der Waals surface area contributed by atoms with E-state index in [1.54, 1.807) is 0 Å². The molecular formula is C26H28N2O. The van der Waals surface area contributed by atoms with Crippen LogP contribution < -0.4 is 10.2 Å². The van der Waals surface area contributed by atoms with Crippen molar-refractivity contribution < 1.29 is 4.79 Å². The second kappa shape index (κ2) is 8.52. The van der Waals surface area contributed by atoms with E-state index >= 15 is 0 Å². The number of carbonyl (C=O) groups excluding carboxylic acids is 1. The highest BCUT2D eigenvalue weighted by Crippen LogP contribution is 2.40. The zero-order valence-electron chi connectivity index (χ0n) is 17.1. The van der Waals surface area contributed by atoms with Gasteiger partial charge in [0.15, 0.2) is 0 Å². The smallest absolute Gasteiger partial charge is 0.234 e. The lowest BCUT2D eigenvalue weighted by molar-refractivity contribution is -0.120. The molecule has 0 saturated heterocycles. The van der Waals surface area contributed by atoms with Crippen LogP contribution in [0.2, 0.25) is 0 Å². The van der Waals surface area contributed by atoms with Crippen molar-refractivity contribution in [2.24, 2.45) is 0 Å². The summed E-state index contributed by atoms with van der Waals surface area (Å²) in [7, 11) is 0. The highest BCUT2D eigenvalue weighted by atomic mass is 16.2. The van der Waals surface area contributed by atoms with Crippen LogP contribution in [0.3, 0.4) is 0 Å². The van der Waals surface area contributed by atoms with Crippen molar-refractivity contribution in [2.75, 3.05) is 10.2 Å². The molecule has 3 atom stereocenters. The van der Waals surface area contributed by atoms with E-state index in [1.807, 2.05) is 47.4 Å². The van der Waals surface area contributed by atoms with Gasteiger partial charge in [0.05, 0.1) is 12.0 Å². The maximum atomic E-state index is 13.7. The number of carbonyl (C=O) groups is 1. The molecule has 0 aliphatic carbocycles. The second-order valence-electron chi connectivity index (χ2n) is 7.79. The summed E-state index contributed by atoms with van der Waals surface area (Å²) in [5.41, 5.74) is 4.41. The van der Waals surface area contributed by atoms with Gasteiger partial charge in [0.25, 0.3) is 0 Å².